The highest BCUT2D eigenvalue weighted by Crippen LogP contribution is 2.35. The quantitative estimate of drug-likeness (QED) is 0.134. The number of hydrogen-bond acceptors (Lipinski definition) is 2. The molecule has 1 heterocycles. The number of unbranched alkanes of at least 4 members (excludes halogenated alkanes) is 5. The SMILES string of the molecule is CCCCCCCCc1ccc(-c2ccsc2/C=C/c2ccc(N(c3ccccc3)c3ccccc3)cc2)cc1. The van der Waals surface area contributed by atoms with Crippen LogP contribution in [0.4, 0.5) is 17.1 Å². The molecular weight excluding hydrogens is 502 g/mol. The lowest BCUT2D eigenvalue weighted by Gasteiger charge is -2.25. The molecule has 1 aromatic heterocycles. The van der Waals surface area contributed by atoms with E-state index < -0.39 is 0 Å². The molecule has 0 atom stereocenters. The summed E-state index contributed by atoms with van der Waals surface area (Å²) < 4.78 is 0. The molecule has 0 amide bonds. The number of thiophene rings is 1. The molecule has 202 valence electrons. The van der Waals surface area contributed by atoms with Crippen molar-refractivity contribution in [2.24, 2.45) is 0 Å². The minimum atomic E-state index is 1.15. The third kappa shape index (κ3) is 7.40. The molecule has 5 aromatic rings. The van der Waals surface area contributed by atoms with E-state index in [2.05, 4.69) is 145 Å². The summed E-state index contributed by atoms with van der Waals surface area (Å²) in [4.78, 5) is 3.59. The summed E-state index contributed by atoms with van der Waals surface area (Å²) in [5, 5.41) is 2.19. The molecule has 0 saturated carbocycles. The molecule has 0 spiro atoms. The summed E-state index contributed by atoms with van der Waals surface area (Å²) in [6, 6.07) is 41.4. The second kappa shape index (κ2) is 14.5. The molecular formula is C38H39NS. The van der Waals surface area contributed by atoms with Crippen molar-refractivity contribution in [2.75, 3.05) is 4.90 Å². The standard InChI is InChI=1S/C38H39NS/c1-2-3-4-5-6-9-14-31-19-24-33(25-20-31)37-29-30-40-38(37)28-23-32-21-26-36(27-22-32)39(34-15-10-7-11-16-34)35-17-12-8-13-18-35/h7-8,10-13,15-30H,2-6,9,14H2,1H3/b28-23+. The Bertz CT molecular complexity index is 1410. The second-order valence-electron chi connectivity index (χ2n) is 10.3. The average Bonchev–Trinajstić information content (AvgIpc) is 3.49. The number of aryl methyl sites for hydroxylation is 1. The molecule has 0 fully saturated rings. The van der Waals surface area contributed by atoms with E-state index in [4.69, 9.17) is 0 Å². The number of benzene rings is 4. The summed E-state index contributed by atoms with van der Waals surface area (Å²) in [7, 11) is 0. The van der Waals surface area contributed by atoms with Gasteiger partial charge in [-0.15, -0.1) is 11.3 Å². The van der Waals surface area contributed by atoms with Crippen LogP contribution < -0.4 is 4.90 Å². The molecule has 0 unspecified atom stereocenters. The van der Waals surface area contributed by atoms with E-state index >= 15 is 0 Å². The fourth-order valence-corrected chi connectivity index (χ4v) is 5.97. The van der Waals surface area contributed by atoms with Gasteiger partial charge in [-0.3, -0.25) is 0 Å². The molecule has 2 heteroatoms. The average molecular weight is 542 g/mol. The predicted molar refractivity (Wildman–Crippen MR) is 177 cm³/mol. The molecule has 5 rings (SSSR count). The Hall–Kier alpha value is -3.88. The highest BCUT2D eigenvalue weighted by atomic mass is 32.1. The van der Waals surface area contributed by atoms with Crippen molar-refractivity contribution in [2.45, 2.75) is 51.9 Å². The van der Waals surface area contributed by atoms with E-state index in [1.54, 1.807) is 11.3 Å². The fourth-order valence-electron chi connectivity index (χ4n) is 5.16. The molecule has 0 N–H and O–H groups in total. The van der Waals surface area contributed by atoms with E-state index in [0.717, 1.165) is 17.1 Å². The highest BCUT2D eigenvalue weighted by molar-refractivity contribution is 7.11. The second-order valence-corrected chi connectivity index (χ2v) is 11.3. The van der Waals surface area contributed by atoms with Gasteiger partial charge in [0.05, 0.1) is 0 Å². The first kappa shape index (κ1) is 27.7. The third-order valence-corrected chi connectivity index (χ3v) is 8.27. The van der Waals surface area contributed by atoms with Crippen LogP contribution in [0.1, 0.15) is 61.5 Å². The van der Waals surface area contributed by atoms with Crippen LogP contribution in [0, 0.1) is 0 Å². The van der Waals surface area contributed by atoms with E-state index in [1.807, 2.05) is 0 Å². The van der Waals surface area contributed by atoms with Gasteiger partial charge >= 0.3 is 0 Å². The van der Waals surface area contributed by atoms with Gasteiger partial charge in [0.25, 0.3) is 0 Å². The van der Waals surface area contributed by atoms with Crippen molar-refractivity contribution >= 4 is 40.6 Å². The van der Waals surface area contributed by atoms with Crippen LogP contribution >= 0.6 is 11.3 Å². The van der Waals surface area contributed by atoms with Crippen molar-refractivity contribution in [3.8, 4) is 11.1 Å². The van der Waals surface area contributed by atoms with Gasteiger partial charge in [-0.2, -0.15) is 0 Å². The van der Waals surface area contributed by atoms with Gasteiger partial charge < -0.3 is 4.90 Å². The highest BCUT2D eigenvalue weighted by Gasteiger charge is 2.11. The Kier molecular flexibility index (Phi) is 10.0. The van der Waals surface area contributed by atoms with Gasteiger partial charge in [0.15, 0.2) is 0 Å². The molecule has 0 aliphatic carbocycles. The molecule has 4 aromatic carbocycles. The summed E-state index contributed by atoms with van der Waals surface area (Å²) in [6.45, 7) is 2.28. The maximum absolute atomic E-state index is 2.32. The monoisotopic (exact) mass is 541 g/mol. The number of hydrogen-bond donors (Lipinski definition) is 0. The van der Waals surface area contributed by atoms with Gasteiger partial charge in [-0.05, 0) is 89.0 Å². The Labute approximate surface area is 244 Å². The topological polar surface area (TPSA) is 3.24 Å². The lowest BCUT2D eigenvalue weighted by Crippen LogP contribution is -2.09. The minimum absolute atomic E-state index is 1.15. The van der Waals surface area contributed by atoms with E-state index in [0.29, 0.717) is 0 Å². The van der Waals surface area contributed by atoms with Crippen molar-refractivity contribution in [3.63, 3.8) is 0 Å². The molecule has 0 radical (unpaired) electrons. The maximum atomic E-state index is 2.32. The molecule has 0 aliphatic heterocycles. The van der Waals surface area contributed by atoms with Gasteiger partial charge in [0.1, 0.15) is 0 Å². The number of nitrogens with zero attached hydrogens (tertiary/aromatic N) is 1. The van der Waals surface area contributed by atoms with Crippen LogP contribution in [0.3, 0.4) is 0 Å². The van der Waals surface area contributed by atoms with E-state index in [1.165, 1.54) is 72.1 Å². The zero-order valence-corrected chi connectivity index (χ0v) is 24.3. The normalized spacial score (nSPS) is 11.2. The lowest BCUT2D eigenvalue weighted by molar-refractivity contribution is 0.607. The fraction of sp³-hybridized carbons (Fsp3) is 0.211. The maximum Gasteiger partial charge on any atom is 0.0462 e. The zero-order chi connectivity index (χ0) is 27.4. The lowest BCUT2D eigenvalue weighted by atomic mass is 10.0. The summed E-state index contributed by atoms with van der Waals surface area (Å²) >= 11 is 1.80. The number of rotatable bonds is 13. The van der Waals surface area contributed by atoms with Gasteiger partial charge in [-0.25, -0.2) is 0 Å². The number of para-hydroxylation sites is 2. The van der Waals surface area contributed by atoms with Crippen molar-refractivity contribution in [3.05, 3.63) is 137 Å². The van der Waals surface area contributed by atoms with Gasteiger partial charge in [0.2, 0.25) is 0 Å². The van der Waals surface area contributed by atoms with Crippen LogP contribution in [0.25, 0.3) is 23.3 Å². The van der Waals surface area contributed by atoms with E-state index in [-0.39, 0.29) is 0 Å². The van der Waals surface area contributed by atoms with Crippen molar-refractivity contribution in [1.82, 2.24) is 0 Å². The first-order valence-corrected chi connectivity index (χ1v) is 15.5. The van der Waals surface area contributed by atoms with Crippen LogP contribution in [-0.4, -0.2) is 0 Å². The minimum Gasteiger partial charge on any atom is -0.311 e. The molecule has 0 aliphatic rings. The molecule has 1 nitrogen and oxygen atoms in total. The third-order valence-electron chi connectivity index (χ3n) is 7.39. The molecule has 0 saturated heterocycles. The van der Waals surface area contributed by atoms with Crippen LogP contribution in [0.15, 0.2) is 121 Å². The van der Waals surface area contributed by atoms with E-state index in [9.17, 15) is 0 Å². The Morgan fingerprint density at radius 3 is 1.82 bits per heavy atom. The zero-order valence-electron chi connectivity index (χ0n) is 23.5. The van der Waals surface area contributed by atoms with Gasteiger partial charge in [-0.1, -0.05) is 118 Å². The predicted octanol–water partition coefficient (Wildman–Crippen LogP) is 12.0. The molecule has 0 bridgehead atoms. The Balaban J connectivity index is 1.25. The summed E-state index contributed by atoms with van der Waals surface area (Å²) in [6.07, 6.45) is 13.7. The van der Waals surface area contributed by atoms with Crippen molar-refractivity contribution < 1.29 is 0 Å². The summed E-state index contributed by atoms with van der Waals surface area (Å²) in [5.74, 6) is 0. The smallest absolute Gasteiger partial charge is 0.0462 e. The van der Waals surface area contributed by atoms with Gasteiger partial charge in [0, 0.05) is 21.9 Å². The first-order valence-electron chi connectivity index (χ1n) is 14.7. The first-order chi connectivity index (χ1) is 19.8. The largest absolute Gasteiger partial charge is 0.311 e. The van der Waals surface area contributed by atoms with Crippen LogP contribution in [-0.2, 0) is 6.42 Å². The van der Waals surface area contributed by atoms with Crippen molar-refractivity contribution in [1.29, 1.82) is 0 Å². The Morgan fingerprint density at radius 1 is 0.575 bits per heavy atom. The summed E-state index contributed by atoms with van der Waals surface area (Å²) in [5.41, 5.74) is 8.70. The number of anilines is 3. The van der Waals surface area contributed by atoms with Crippen LogP contribution in [0.5, 0.6) is 0 Å². The Morgan fingerprint density at radius 2 is 1.18 bits per heavy atom. The molecule has 40 heavy (non-hydrogen) atoms. The van der Waals surface area contributed by atoms with Crippen LogP contribution in [0.2, 0.25) is 0 Å².